The van der Waals surface area contributed by atoms with Gasteiger partial charge in [0, 0.05) is 12.1 Å². The van der Waals surface area contributed by atoms with Gasteiger partial charge in [-0.15, -0.1) is 0 Å². The number of furan rings is 1. The van der Waals surface area contributed by atoms with Crippen molar-refractivity contribution in [2.24, 2.45) is 0 Å². The maximum absolute atomic E-state index is 13.2. The van der Waals surface area contributed by atoms with Gasteiger partial charge in [-0.1, -0.05) is 0 Å². The van der Waals surface area contributed by atoms with Crippen LogP contribution >= 0.6 is 0 Å². The third-order valence-electron chi connectivity index (χ3n) is 2.04. The molecular formula is C11H8F3NO. The molecule has 2 aromatic rings. The van der Waals surface area contributed by atoms with E-state index in [1.165, 1.54) is 6.26 Å². The van der Waals surface area contributed by atoms with Crippen LogP contribution in [0.5, 0.6) is 0 Å². The smallest absolute Gasteiger partial charge is 0.161 e. The molecule has 0 aliphatic rings. The van der Waals surface area contributed by atoms with Crippen molar-refractivity contribution in [2.75, 3.05) is 5.32 Å². The monoisotopic (exact) mass is 227 g/mol. The molecule has 0 atom stereocenters. The molecule has 16 heavy (non-hydrogen) atoms. The predicted octanol–water partition coefficient (Wildman–Crippen LogP) is 3.31. The number of nitrogens with one attached hydrogen (secondary N) is 1. The lowest BCUT2D eigenvalue weighted by molar-refractivity contribution is 0.494. The molecule has 0 radical (unpaired) electrons. The first-order chi connectivity index (χ1) is 7.66. The quantitative estimate of drug-likeness (QED) is 0.814. The number of benzene rings is 1. The molecular weight excluding hydrogens is 219 g/mol. The van der Waals surface area contributed by atoms with Crippen molar-refractivity contribution in [3.8, 4) is 0 Å². The number of halogens is 3. The fourth-order valence-electron chi connectivity index (χ4n) is 1.25. The van der Waals surface area contributed by atoms with Crippen molar-refractivity contribution in [3.63, 3.8) is 0 Å². The van der Waals surface area contributed by atoms with Crippen molar-refractivity contribution < 1.29 is 17.6 Å². The van der Waals surface area contributed by atoms with Crippen LogP contribution in [0, 0.1) is 17.5 Å². The van der Waals surface area contributed by atoms with E-state index < -0.39 is 17.5 Å². The Balaban J connectivity index is 2.12. The van der Waals surface area contributed by atoms with Crippen molar-refractivity contribution in [1.29, 1.82) is 0 Å². The molecule has 0 saturated heterocycles. The van der Waals surface area contributed by atoms with E-state index in [2.05, 4.69) is 5.32 Å². The van der Waals surface area contributed by atoms with Crippen LogP contribution in [-0.4, -0.2) is 0 Å². The fourth-order valence-corrected chi connectivity index (χ4v) is 1.25. The van der Waals surface area contributed by atoms with Gasteiger partial charge in [0.05, 0.1) is 18.5 Å². The van der Waals surface area contributed by atoms with Gasteiger partial charge in [-0.25, -0.2) is 13.2 Å². The van der Waals surface area contributed by atoms with Crippen molar-refractivity contribution in [2.45, 2.75) is 6.54 Å². The molecule has 1 aromatic carbocycles. The van der Waals surface area contributed by atoms with Crippen molar-refractivity contribution >= 4 is 5.69 Å². The second-order valence-electron chi connectivity index (χ2n) is 3.18. The minimum absolute atomic E-state index is 0.102. The molecule has 0 aliphatic carbocycles. The van der Waals surface area contributed by atoms with Gasteiger partial charge in [0.2, 0.25) is 0 Å². The summed E-state index contributed by atoms with van der Waals surface area (Å²) in [7, 11) is 0. The van der Waals surface area contributed by atoms with E-state index in [9.17, 15) is 13.2 Å². The molecule has 2 rings (SSSR count). The summed E-state index contributed by atoms with van der Waals surface area (Å²) < 4.78 is 43.6. The lowest BCUT2D eigenvalue weighted by atomic mass is 10.2. The molecule has 2 nitrogen and oxygen atoms in total. The van der Waals surface area contributed by atoms with Gasteiger partial charge in [0.1, 0.15) is 11.6 Å². The van der Waals surface area contributed by atoms with Crippen molar-refractivity contribution in [3.05, 3.63) is 53.7 Å². The first-order valence-corrected chi connectivity index (χ1v) is 4.57. The number of anilines is 1. The molecule has 0 bridgehead atoms. The van der Waals surface area contributed by atoms with Gasteiger partial charge in [-0.2, -0.15) is 0 Å². The van der Waals surface area contributed by atoms with E-state index in [4.69, 9.17) is 4.42 Å². The molecule has 0 spiro atoms. The van der Waals surface area contributed by atoms with Gasteiger partial charge in [0.25, 0.3) is 0 Å². The molecule has 0 aliphatic heterocycles. The average Bonchev–Trinajstić information content (AvgIpc) is 2.74. The topological polar surface area (TPSA) is 25.2 Å². The van der Waals surface area contributed by atoms with Gasteiger partial charge in [-0.05, 0) is 12.1 Å². The van der Waals surface area contributed by atoms with Crippen LogP contribution < -0.4 is 5.32 Å². The summed E-state index contributed by atoms with van der Waals surface area (Å²) in [5.74, 6) is -2.57. The summed E-state index contributed by atoms with van der Waals surface area (Å²) in [6.45, 7) is 0.203. The van der Waals surface area contributed by atoms with E-state index >= 15 is 0 Å². The first kappa shape index (κ1) is 10.6. The molecule has 84 valence electrons. The Morgan fingerprint density at radius 2 is 1.81 bits per heavy atom. The van der Waals surface area contributed by atoms with E-state index in [1.54, 1.807) is 12.1 Å². The van der Waals surface area contributed by atoms with Crippen LogP contribution in [0.2, 0.25) is 0 Å². The molecule has 0 fully saturated rings. The number of rotatable bonds is 3. The second kappa shape index (κ2) is 4.30. The summed E-state index contributed by atoms with van der Waals surface area (Å²) in [5, 5.41) is 2.61. The number of hydrogen-bond donors (Lipinski definition) is 1. The van der Waals surface area contributed by atoms with Crippen LogP contribution in [0.25, 0.3) is 0 Å². The highest BCUT2D eigenvalue weighted by atomic mass is 19.2. The zero-order chi connectivity index (χ0) is 11.5. The zero-order valence-electron chi connectivity index (χ0n) is 8.14. The Hall–Kier alpha value is -1.91. The van der Waals surface area contributed by atoms with Crippen LogP contribution in [0.1, 0.15) is 5.76 Å². The minimum atomic E-state index is -1.21. The van der Waals surface area contributed by atoms with Crippen molar-refractivity contribution in [1.82, 2.24) is 0 Å². The molecule has 5 heteroatoms. The van der Waals surface area contributed by atoms with Gasteiger partial charge < -0.3 is 9.73 Å². The predicted molar refractivity (Wildman–Crippen MR) is 52.4 cm³/mol. The SMILES string of the molecule is Fc1cc(F)c(NCc2ccco2)cc1F. The van der Waals surface area contributed by atoms with E-state index in [-0.39, 0.29) is 12.2 Å². The Kier molecular flexibility index (Phi) is 2.85. The highest BCUT2D eigenvalue weighted by Crippen LogP contribution is 2.19. The molecule has 1 aromatic heterocycles. The zero-order valence-corrected chi connectivity index (χ0v) is 8.14. The summed E-state index contributed by atoms with van der Waals surface area (Å²) in [6.07, 6.45) is 1.47. The Morgan fingerprint density at radius 3 is 2.50 bits per heavy atom. The fraction of sp³-hybridized carbons (Fsp3) is 0.0909. The highest BCUT2D eigenvalue weighted by molar-refractivity contribution is 5.45. The largest absolute Gasteiger partial charge is 0.467 e. The van der Waals surface area contributed by atoms with Crippen LogP contribution in [0.4, 0.5) is 18.9 Å². The molecule has 0 amide bonds. The maximum Gasteiger partial charge on any atom is 0.161 e. The van der Waals surface area contributed by atoms with Crippen LogP contribution in [0.15, 0.2) is 34.9 Å². The average molecular weight is 227 g/mol. The standard InChI is InChI=1S/C11H8F3NO/c12-8-4-10(14)11(5-9(8)13)15-6-7-2-1-3-16-7/h1-5,15H,6H2. The van der Waals surface area contributed by atoms with Crippen LogP contribution in [0.3, 0.4) is 0 Å². The molecule has 0 unspecified atom stereocenters. The molecule has 1 N–H and O–H groups in total. The first-order valence-electron chi connectivity index (χ1n) is 4.57. The van der Waals surface area contributed by atoms with Gasteiger partial charge in [0.15, 0.2) is 11.6 Å². The Labute approximate surface area is 89.7 Å². The summed E-state index contributed by atoms with van der Waals surface area (Å²) in [6, 6.07) is 4.64. The van der Waals surface area contributed by atoms with E-state index in [1.807, 2.05) is 0 Å². The summed E-state index contributed by atoms with van der Waals surface area (Å²) >= 11 is 0. The highest BCUT2D eigenvalue weighted by Gasteiger charge is 2.09. The maximum atomic E-state index is 13.2. The van der Waals surface area contributed by atoms with Gasteiger partial charge in [-0.3, -0.25) is 0 Å². The Morgan fingerprint density at radius 1 is 1.06 bits per heavy atom. The second-order valence-corrected chi connectivity index (χ2v) is 3.18. The van der Waals surface area contributed by atoms with Gasteiger partial charge >= 0.3 is 0 Å². The minimum Gasteiger partial charge on any atom is -0.467 e. The van der Waals surface area contributed by atoms with Crippen LogP contribution in [-0.2, 0) is 6.54 Å². The lowest BCUT2D eigenvalue weighted by Gasteiger charge is -2.06. The lowest BCUT2D eigenvalue weighted by Crippen LogP contribution is -2.02. The summed E-state index contributed by atoms with van der Waals surface area (Å²) in [5.41, 5.74) is -0.102. The third-order valence-corrected chi connectivity index (χ3v) is 2.04. The Bertz CT molecular complexity index is 482. The molecule has 0 saturated carbocycles. The van der Waals surface area contributed by atoms with E-state index in [0.29, 0.717) is 11.8 Å². The summed E-state index contributed by atoms with van der Waals surface area (Å²) in [4.78, 5) is 0. The molecule has 1 heterocycles. The number of hydrogen-bond acceptors (Lipinski definition) is 2. The van der Waals surface area contributed by atoms with E-state index in [0.717, 1.165) is 6.07 Å². The normalized spacial score (nSPS) is 10.4. The third kappa shape index (κ3) is 2.18.